The van der Waals surface area contributed by atoms with Crippen LogP contribution < -0.4 is 5.32 Å². The zero-order valence-corrected chi connectivity index (χ0v) is 10.7. The number of benzene rings is 1. The lowest BCUT2D eigenvalue weighted by Gasteiger charge is -2.07. The van der Waals surface area contributed by atoms with E-state index in [1.807, 2.05) is 14.0 Å². The number of imidazole rings is 1. The van der Waals surface area contributed by atoms with E-state index in [0.717, 1.165) is 24.6 Å². The van der Waals surface area contributed by atoms with Gasteiger partial charge in [0.1, 0.15) is 0 Å². The lowest BCUT2D eigenvalue weighted by molar-refractivity contribution is 0.702. The maximum atomic E-state index is 4.41. The summed E-state index contributed by atoms with van der Waals surface area (Å²) in [6.07, 6.45) is 3.12. The summed E-state index contributed by atoms with van der Waals surface area (Å²) in [6, 6.07) is 8.66. The first kappa shape index (κ1) is 11.7. The molecule has 2 rings (SSSR count). The van der Waals surface area contributed by atoms with Gasteiger partial charge in [-0.2, -0.15) is 0 Å². The molecule has 3 nitrogen and oxygen atoms in total. The number of aromatic nitrogens is 2. The van der Waals surface area contributed by atoms with Crippen molar-refractivity contribution in [2.24, 2.45) is 0 Å². The first-order valence-electron chi connectivity index (χ1n) is 5.96. The molecular formula is C14H19N3. The Labute approximate surface area is 103 Å². The largest absolute Gasteiger partial charge is 0.359 e. The summed E-state index contributed by atoms with van der Waals surface area (Å²) in [6.45, 7) is 5.11. The maximum Gasteiger partial charge on any atom is 0.202 e. The van der Waals surface area contributed by atoms with E-state index in [9.17, 15) is 0 Å². The fraction of sp³-hybridized carbons (Fsp3) is 0.357. The molecule has 0 atom stereocenters. The van der Waals surface area contributed by atoms with Gasteiger partial charge in [-0.15, -0.1) is 0 Å². The molecule has 0 aliphatic carbocycles. The van der Waals surface area contributed by atoms with Gasteiger partial charge >= 0.3 is 0 Å². The Morgan fingerprint density at radius 3 is 2.82 bits per heavy atom. The van der Waals surface area contributed by atoms with Gasteiger partial charge in [-0.25, -0.2) is 4.98 Å². The molecule has 0 aliphatic rings. The Bertz CT molecular complexity index is 500. The van der Waals surface area contributed by atoms with Crippen LogP contribution in [0.4, 0.5) is 5.95 Å². The fourth-order valence-corrected chi connectivity index (χ4v) is 2.03. The van der Waals surface area contributed by atoms with Crippen molar-refractivity contribution in [3.63, 3.8) is 0 Å². The Kier molecular flexibility index (Phi) is 3.47. The van der Waals surface area contributed by atoms with Gasteiger partial charge in [-0.1, -0.05) is 29.8 Å². The first-order valence-corrected chi connectivity index (χ1v) is 5.96. The van der Waals surface area contributed by atoms with Crippen LogP contribution in [0.2, 0.25) is 0 Å². The van der Waals surface area contributed by atoms with Gasteiger partial charge in [0.25, 0.3) is 0 Å². The number of hydrogen-bond donors (Lipinski definition) is 1. The molecule has 0 unspecified atom stereocenters. The van der Waals surface area contributed by atoms with Gasteiger partial charge in [-0.05, 0) is 25.8 Å². The maximum absolute atomic E-state index is 4.41. The standard InChI is InChI=1S/C14H19N3/c1-11-5-4-6-13(9-11)7-8-17-10-12(2)16-14(17)15-3/h4-6,9-10H,7-8H2,1-3H3,(H,15,16). The van der Waals surface area contributed by atoms with Crippen LogP contribution in [-0.4, -0.2) is 16.6 Å². The van der Waals surface area contributed by atoms with Gasteiger partial charge in [0.2, 0.25) is 5.95 Å². The number of rotatable bonds is 4. The smallest absolute Gasteiger partial charge is 0.202 e. The first-order chi connectivity index (χ1) is 8.19. The zero-order chi connectivity index (χ0) is 12.3. The van der Waals surface area contributed by atoms with E-state index in [4.69, 9.17) is 0 Å². The van der Waals surface area contributed by atoms with Gasteiger partial charge in [0.05, 0.1) is 5.69 Å². The van der Waals surface area contributed by atoms with E-state index < -0.39 is 0 Å². The third-order valence-electron chi connectivity index (χ3n) is 2.84. The molecule has 1 aromatic heterocycles. The normalized spacial score (nSPS) is 10.5. The molecule has 1 aromatic carbocycles. The molecule has 0 radical (unpaired) electrons. The minimum Gasteiger partial charge on any atom is -0.359 e. The summed E-state index contributed by atoms with van der Waals surface area (Å²) in [7, 11) is 1.91. The monoisotopic (exact) mass is 229 g/mol. The predicted octanol–water partition coefficient (Wildman–Crippen LogP) is 2.78. The second-order valence-corrected chi connectivity index (χ2v) is 4.39. The summed E-state index contributed by atoms with van der Waals surface area (Å²) < 4.78 is 2.16. The predicted molar refractivity (Wildman–Crippen MR) is 71.4 cm³/mol. The number of anilines is 1. The van der Waals surface area contributed by atoms with Crippen molar-refractivity contribution >= 4 is 5.95 Å². The number of nitrogens with one attached hydrogen (secondary N) is 1. The van der Waals surface area contributed by atoms with Gasteiger partial charge in [0, 0.05) is 19.8 Å². The second-order valence-electron chi connectivity index (χ2n) is 4.39. The molecule has 17 heavy (non-hydrogen) atoms. The average Bonchev–Trinajstić information content (AvgIpc) is 2.67. The SMILES string of the molecule is CNc1nc(C)cn1CCc1cccc(C)c1. The Morgan fingerprint density at radius 1 is 1.29 bits per heavy atom. The zero-order valence-electron chi connectivity index (χ0n) is 10.7. The van der Waals surface area contributed by atoms with Crippen molar-refractivity contribution in [3.05, 3.63) is 47.3 Å². The highest BCUT2D eigenvalue weighted by atomic mass is 15.2. The number of aryl methyl sites for hydroxylation is 4. The molecule has 2 aromatic rings. The summed E-state index contributed by atoms with van der Waals surface area (Å²) in [4.78, 5) is 4.41. The molecule has 0 saturated heterocycles. The molecule has 3 heteroatoms. The Balaban J connectivity index is 2.06. The van der Waals surface area contributed by atoms with E-state index in [2.05, 4.69) is 52.3 Å². The van der Waals surface area contributed by atoms with E-state index >= 15 is 0 Å². The van der Waals surface area contributed by atoms with E-state index in [1.165, 1.54) is 11.1 Å². The van der Waals surface area contributed by atoms with Crippen molar-refractivity contribution < 1.29 is 0 Å². The van der Waals surface area contributed by atoms with Crippen molar-refractivity contribution in [1.29, 1.82) is 0 Å². The van der Waals surface area contributed by atoms with Gasteiger partial charge in [0.15, 0.2) is 0 Å². The summed E-state index contributed by atoms with van der Waals surface area (Å²) in [5.41, 5.74) is 3.75. The second kappa shape index (κ2) is 5.04. The summed E-state index contributed by atoms with van der Waals surface area (Å²) in [5, 5.41) is 3.12. The molecule has 1 heterocycles. The fourth-order valence-electron chi connectivity index (χ4n) is 2.03. The van der Waals surface area contributed by atoms with Crippen LogP contribution in [0.25, 0.3) is 0 Å². The molecule has 0 aliphatic heterocycles. The molecule has 0 bridgehead atoms. The van der Waals surface area contributed by atoms with Crippen LogP contribution in [0.1, 0.15) is 16.8 Å². The average molecular weight is 229 g/mol. The molecule has 0 spiro atoms. The van der Waals surface area contributed by atoms with Crippen molar-refractivity contribution in [2.75, 3.05) is 12.4 Å². The van der Waals surface area contributed by atoms with Crippen LogP contribution in [-0.2, 0) is 13.0 Å². The molecule has 0 amide bonds. The van der Waals surface area contributed by atoms with Crippen molar-refractivity contribution in [3.8, 4) is 0 Å². The molecule has 1 N–H and O–H groups in total. The minimum absolute atomic E-state index is 0.940. The lowest BCUT2D eigenvalue weighted by atomic mass is 10.1. The number of nitrogens with zero attached hydrogens (tertiary/aromatic N) is 2. The van der Waals surface area contributed by atoms with E-state index in [-0.39, 0.29) is 0 Å². The number of hydrogen-bond acceptors (Lipinski definition) is 2. The Morgan fingerprint density at radius 2 is 2.12 bits per heavy atom. The van der Waals surface area contributed by atoms with Crippen molar-refractivity contribution in [1.82, 2.24) is 9.55 Å². The third-order valence-corrected chi connectivity index (χ3v) is 2.84. The molecule has 0 saturated carbocycles. The molecule has 90 valence electrons. The summed E-state index contributed by atoms with van der Waals surface area (Å²) >= 11 is 0. The van der Waals surface area contributed by atoms with E-state index in [1.54, 1.807) is 0 Å². The van der Waals surface area contributed by atoms with Crippen LogP contribution >= 0.6 is 0 Å². The van der Waals surface area contributed by atoms with Gasteiger partial charge in [-0.3, -0.25) is 0 Å². The highest BCUT2D eigenvalue weighted by Gasteiger charge is 2.03. The Hall–Kier alpha value is -1.77. The lowest BCUT2D eigenvalue weighted by Crippen LogP contribution is -2.05. The van der Waals surface area contributed by atoms with Crippen molar-refractivity contribution in [2.45, 2.75) is 26.8 Å². The van der Waals surface area contributed by atoms with Crippen LogP contribution in [0.15, 0.2) is 30.5 Å². The quantitative estimate of drug-likeness (QED) is 0.873. The van der Waals surface area contributed by atoms with Crippen LogP contribution in [0, 0.1) is 13.8 Å². The highest BCUT2D eigenvalue weighted by Crippen LogP contribution is 2.11. The van der Waals surface area contributed by atoms with Crippen LogP contribution in [0.3, 0.4) is 0 Å². The minimum atomic E-state index is 0.940. The van der Waals surface area contributed by atoms with Gasteiger partial charge < -0.3 is 9.88 Å². The van der Waals surface area contributed by atoms with Crippen LogP contribution in [0.5, 0.6) is 0 Å². The van der Waals surface area contributed by atoms with E-state index in [0.29, 0.717) is 0 Å². The highest BCUT2D eigenvalue weighted by molar-refractivity contribution is 5.28. The molecule has 0 fully saturated rings. The summed E-state index contributed by atoms with van der Waals surface area (Å²) in [5.74, 6) is 0.940. The molecular weight excluding hydrogens is 210 g/mol. The topological polar surface area (TPSA) is 29.9 Å². The third kappa shape index (κ3) is 2.87.